The van der Waals surface area contributed by atoms with Crippen LogP contribution in [0.25, 0.3) is 11.0 Å². The molecule has 6 nitrogen and oxygen atoms in total. The van der Waals surface area contributed by atoms with Crippen molar-refractivity contribution in [1.29, 1.82) is 0 Å². The molecule has 35 heavy (non-hydrogen) atoms. The molecule has 1 aliphatic rings. The molecule has 1 amide bonds. The molecule has 3 aromatic carbocycles. The zero-order chi connectivity index (χ0) is 24.7. The Kier molecular flexibility index (Phi) is 5.68. The van der Waals surface area contributed by atoms with Crippen molar-refractivity contribution in [1.82, 2.24) is 0 Å². The van der Waals surface area contributed by atoms with Crippen molar-refractivity contribution in [3.8, 4) is 0 Å². The number of carbonyl (C=O) groups excluding carboxylic acids is 2. The summed E-state index contributed by atoms with van der Waals surface area (Å²) in [5.41, 5.74) is 2.50. The van der Waals surface area contributed by atoms with Gasteiger partial charge in [-0.05, 0) is 66.9 Å². The zero-order valence-electron chi connectivity index (χ0n) is 19.2. The monoisotopic (exact) mass is 471 g/mol. The average Bonchev–Trinajstić information content (AvgIpc) is 3.17. The summed E-state index contributed by atoms with van der Waals surface area (Å²) in [5, 5.41) is 0.0752. The maximum atomic E-state index is 14.0. The Morgan fingerprint density at radius 3 is 2.37 bits per heavy atom. The van der Waals surface area contributed by atoms with Gasteiger partial charge in [0.05, 0.1) is 29.2 Å². The molecule has 0 spiro atoms. The van der Waals surface area contributed by atoms with Gasteiger partial charge in [0.25, 0.3) is 5.91 Å². The zero-order valence-corrected chi connectivity index (χ0v) is 19.2. The summed E-state index contributed by atoms with van der Waals surface area (Å²) in [7, 11) is 0. The van der Waals surface area contributed by atoms with Gasteiger partial charge in [-0.1, -0.05) is 31.2 Å². The molecule has 0 saturated heterocycles. The first kappa shape index (κ1) is 22.5. The van der Waals surface area contributed by atoms with Crippen LogP contribution in [0.1, 0.15) is 57.5 Å². The van der Waals surface area contributed by atoms with Crippen LogP contribution in [0.4, 0.5) is 10.1 Å². The highest BCUT2D eigenvalue weighted by molar-refractivity contribution is 6.10. The van der Waals surface area contributed by atoms with E-state index in [9.17, 15) is 18.8 Å². The van der Waals surface area contributed by atoms with Crippen LogP contribution in [-0.4, -0.2) is 18.5 Å². The molecule has 176 valence electrons. The van der Waals surface area contributed by atoms with Gasteiger partial charge in [0.15, 0.2) is 5.43 Å². The summed E-state index contributed by atoms with van der Waals surface area (Å²) in [6.45, 7) is 4.01. The third kappa shape index (κ3) is 3.79. The summed E-state index contributed by atoms with van der Waals surface area (Å²) in [5.74, 6) is -1.60. The first-order valence-electron chi connectivity index (χ1n) is 11.4. The highest BCUT2D eigenvalue weighted by Gasteiger charge is 2.43. The Morgan fingerprint density at radius 1 is 1.00 bits per heavy atom. The molecule has 1 aliphatic heterocycles. The predicted molar refractivity (Wildman–Crippen MR) is 129 cm³/mol. The van der Waals surface area contributed by atoms with Gasteiger partial charge in [-0.25, -0.2) is 9.18 Å². The second kappa shape index (κ2) is 8.83. The Balaban J connectivity index is 1.70. The lowest BCUT2D eigenvalue weighted by molar-refractivity contribution is 0.0526. The molecule has 0 saturated carbocycles. The Hall–Kier alpha value is -4.26. The number of anilines is 1. The minimum absolute atomic E-state index is 0.0752. The van der Waals surface area contributed by atoms with Crippen LogP contribution in [0.15, 0.2) is 75.9 Å². The number of ether oxygens (including phenoxy) is 1. The van der Waals surface area contributed by atoms with E-state index in [1.807, 2.05) is 31.2 Å². The number of aryl methyl sites for hydroxylation is 1. The number of carbonyl (C=O) groups is 2. The average molecular weight is 471 g/mol. The highest BCUT2D eigenvalue weighted by atomic mass is 19.1. The lowest BCUT2D eigenvalue weighted by Gasteiger charge is -2.25. The van der Waals surface area contributed by atoms with Gasteiger partial charge in [0.1, 0.15) is 11.4 Å². The molecule has 1 unspecified atom stereocenters. The summed E-state index contributed by atoms with van der Waals surface area (Å²) < 4.78 is 24.9. The number of hydrogen-bond acceptors (Lipinski definition) is 5. The molecule has 0 aliphatic carbocycles. The number of halogens is 1. The van der Waals surface area contributed by atoms with Crippen molar-refractivity contribution in [3.05, 3.63) is 111 Å². The molecule has 1 aromatic heterocycles. The van der Waals surface area contributed by atoms with E-state index in [-0.39, 0.29) is 28.9 Å². The molecule has 0 fully saturated rings. The molecule has 0 bridgehead atoms. The third-order valence-electron chi connectivity index (χ3n) is 6.19. The molecule has 5 rings (SSSR count). The molecule has 1 atom stereocenters. The van der Waals surface area contributed by atoms with E-state index in [0.29, 0.717) is 16.8 Å². The lowest BCUT2D eigenvalue weighted by Crippen LogP contribution is -2.29. The van der Waals surface area contributed by atoms with Crippen LogP contribution in [0.3, 0.4) is 0 Å². The summed E-state index contributed by atoms with van der Waals surface area (Å²) in [6.07, 6.45) is 0.839. The second-order valence-electron chi connectivity index (χ2n) is 8.25. The van der Waals surface area contributed by atoms with Crippen LogP contribution >= 0.6 is 0 Å². The minimum Gasteiger partial charge on any atom is -0.462 e. The van der Waals surface area contributed by atoms with E-state index >= 15 is 0 Å². The van der Waals surface area contributed by atoms with Crippen molar-refractivity contribution in [2.45, 2.75) is 26.3 Å². The quantitative estimate of drug-likeness (QED) is 0.363. The fourth-order valence-corrected chi connectivity index (χ4v) is 4.43. The van der Waals surface area contributed by atoms with Crippen molar-refractivity contribution in [3.63, 3.8) is 0 Å². The summed E-state index contributed by atoms with van der Waals surface area (Å²) in [4.78, 5) is 40.7. The van der Waals surface area contributed by atoms with E-state index in [4.69, 9.17) is 9.15 Å². The van der Waals surface area contributed by atoms with Gasteiger partial charge in [0, 0.05) is 5.69 Å². The van der Waals surface area contributed by atoms with Crippen LogP contribution in [0, 0.1) is 5.82 Å². The number of fused-ring (bicyclic) bond motifs is 2. The molecular weight excluding hydrogens is 449 g/mol. The lowest BCUT2D eigenvalue weighted by atomic mass is 9.97. The Labute approximate surface area is 200 Å². The summed E-state index contributed by atoms with van der Waals surface area (Å²) in [6, 6.07) is 16.9. The smallest absolute Gasteiger partial charge is 0.338 e. The molecular formula is C28H22FNO5. The van der Waals surface area contributed by atoms with Gasteiger partial charge in [-0.15, -0.1) is 0 Å². The van der Waals surface area contributed by atoms with Gasteiger partial charge in [-0.3, -0.25) is 14.5 Å². The van der Waals surface area contributed by atoms with Gasteiger partial charge < -0.3 is 9.15 Å². The Morgan fingerprint density at radius 2 is 1.71 bits per heavy atom. The number of nitrogens with zero attached hydrogens (tertiary/aromatic N) is 1. The normalized spacial score (nSPS) is 14.9. The maximum absolute atomic E-state index is 14.0. The van der Waals surface area contributed by atoms with Crippen LogP contribution in [0.2, 0.25) is 0 Å². The van der Waals surface area contributed by atoms with Crippen molar-refractivity contribution in [2.75, 3.05) is 11.5 Å². The van der Waals surface area contributed by atoms with E-state index in [1.54, 1.807) is 31.2 Å². The SMILES string of the molecule is CCOC(=O)c1ccc(N2C(=O)c3oc4ccc(F)cc4c(=O)c3C2c2ccc(CC)cc2)cc1. The minimum atomic E-state index is -0.777. The van der Waals surface area contributed by atoms with Crippen molar-refractivity contribution in [2.24, 2.45) is 0 Å². The third-order valence-corrected chi connectivity index (χ3v) is 6.19. The predicted octanol–water partition coefficient (Wildman–Crippen LogP) is 5.42. The van der Waals surface area contributed by atoms with E-state index < -0.39 is 29.2 Å². The summed E-state index contributed by atoms with van der Waals surface area (Å²) >= 11 is 0. The van der Waals surface area contributed by atoms with Crippen molar-refractivity contribution < 1.29 is 23.1 Å². The second-order valence-corrected chi connectivity index (χ2v) is 8.25. The standard InChI is InChI=1S/C28H22FNO5/c1-3-16-5-7-17(8-6-16)24-23-25(31)21-15-19(29)11-14-22(21)35-26(23)27(32)30(24)20-12-9-18(10-13-20)28(33)34-4-2/h5-15,24H,3-4H2,1-2H3. The number of amides is 1. The van der Waals surface area contributed by atoms with Crippen LogP contribution in [0.5, 0.6) is 0 Å². The van der Waals surface area contributed by atoms with E-state index in [2.05, 4.69) is 0 Å². The fraction of sp³-hybridized carbons (Fsp3) is 0.179. The van der Waals surface area contributed by atoms with Crippen LogP contribution in [-0.2, 0) is 11.2 Å². The number of rotatable bonds is 5. The van der Waals surface area contributed by atoms with Gasteiger partial charge in [0.2, 0.25) is 5.76 Å². The maximum Gasteiger partial charge on any atom is 0.338 e. The van der Waals surface area contributed by atoms with E-state index in [0.717, 1.165) is 18.1 Å². The molecule has 2 heterocycles. The molecule has 4 aromatic rings. The van der Waals surface area contributed by atoms with Gasteiger partial charge in [-0.2, -0.15) is 0 Å². The highest BCUT2D eigenvalue weighted by Crippen LogP contribution is 2.41. The molecule has 0 N–H and O–H groups in total. The first-order valence-corrected chi connectivity index (χ1v) is 11.4. The number of benzene rings is 3. The van der Waals surface area contributed by atoms with Gasteiger partial charge >= 0.3 is 5.97 Å². The number of esters is 1. The molecule has 0 radical (unpaired) electrons. The van der Waals surface area contributed by atoms with E-state index in [1.165, 1.54) is 17.0 Å². The number of hydrogen-bond donors (Lipinski definition) is 0. The van der Waals surface area contributed by atoms with Crippen LogP contribution < -0.4 is 10.3 Å². The largest absolute Gasteiger partial charge is 0.462 e. The fourth-order valence-electron chi connectivity index (χ4n) is 4.43. The van der Waals surface area contributed by atoms with Crippen molar-refractivity contribution >= 4 is 28.5 Å². The first-order chi connectivity index (χ1) is 16.9. The Bertz CT molecular complexity index is 1510. The topological polar surface area (TPSA) is 76.8 Å². The molecule has 7 heteroatoms.